The molecule has 0 bridgehead atoms. The highest BCUT2D eigenvalue weighted by molar-refractivity contribution is 6.08. The van der Waals surface area contributed by atoms with Gasteiger partial charge in [0.1, 0.15) is 23.5 Å². The second-order valence-corrected chi connectivity index (χ2v) is 8.71. The summed E-state index contributed by atoms with van der Waals surface area (Å²) < 4.78 is 8.07. The van der Waals surface area contributed by atoms with Crippen molar-refractivity contribution in [3.63, 3.8) is 0 Å². The Labute approximate surface area is 214 Å². The van der Waals surface area contributed by atoms with Crippen molar-refractivity contribution in [1.29, 1.82) is 0 Å². The first-order valence-corrected chi connectivity index (χ1v) is 11.7. The predicted molar refractivity (Wildman–Crippen MR) is 146 cm³/mol. The first kappa shape index (κ1) is 23.7. The van der Waals surface area contributed by atoms with Crippen molar-refractivity contribution in [2.45, 2.75) is 13.8 Å². The van der Waals surface area contributed by atoms with Gasteiger partial charge in [-0.25, -0.2) is 15.0 Å². The molecule has 1 amide bonds. The third-order valence-electron chi connectivity index (χ3n) is 6.15. The quantitative estimate of drug-likeness (QED) is 0.291. The van der Waals surface area contributed by atoms with Crippen molar-refractivity contribution in [1.82, 2.24) is 19.5 Å². The van der Waals surface area contributed by atoms with Crippen LogP contribution in [-0.2, 0) is 11.8 Å². The van der Waals surface area contributed by atoms with E-state index in [1.807, 2.05) is 80.1 Å². The number of benzene rings is 2. The van der Waals surface area contributed by atoms with Gasteiger partial charge in [-0.05, 0) is 66.9 Å². The van der Waals surface area contributed by atoms with Crippen LogP contribution in [0.25, 0.3) is 33.4 Å². The lowest BCUT2D eigenvalue weighted by atomic mass is 9.97. The summed E-state index contributed by atoms with van der Waals surface area (Å²) in [5.74, 6) is 1.40. The average Bonchev–Trinajstić information content (AvgIpc) is 3.19. The normalized spacial score (nSPS) is 10.9. The van der Waals surface area contributed by atoms with E-state index in [0.717, 1.165) is 50.4 Å². The number of hydrogen-bond acceptors (Lipinski definition) is 6. The van der Waals surface area contributed by atoms with E-state index in [1.165, 1.54) is 12.4 Å². The SMILES string of the molecule is C=CC(=O)Nc1ccc(-c2c(-c3ccc(Oc4cccc(C)n4)c(C)c3)c3c(N)ncnc3n2C)cc1. The third-order valence-corrected chi connectivity index (χ3v) is 6.15. The molecule has 3 heterocycles. The van der Waals surface area contributed by atoms with Gasteiger partial charge < -0.3 is 20.4 Å². The predicted octanol–water partition coefficient (Wildman–Crippen LogP) is 5.81. The second-order valence-electron chi connectivity index (χ2n) is 8.71. The number of nitrogen functional groups attached to an aromatic ring is 1. The number of carbonyl (C=O) groups is 1. The number of nitrogens with zero attached hydrogens (tertiary/aromatic N) is 4. The van der Waals surface area contributed by atoms with Crippen LogP contribution in [0.3, 0.4) is 0 Å². The molecule has 37 heavy (non-hydrogen) atoms. The number of anilines is 2. The lowest BCUT2D eigenvalue weighted by molar-refractivity contribution is -0.111. The Morgan fingerprint density at radius 1 is 1.05 bits per heavy atom. The van der Waals surface area contributed by atoms with Crippen LogP contribution >= 0.6 is 0 Å². The van der Waals surface area contributed by atoms with Gasteiger partial charge in [-0.3, -0.25) is 4.79 Å². The van der Waals surface area contributed by atoms with E-state index >= 15 is 0 Å². The largest absolute Gasteiger partial charge is 0.439 e. The molecule has 5 rings (SSSR count). The zero-order valence-electron chi connectivity index (χ0n) is 20.8. The van der Waals surface area contributed by atoms with E-state index in [2.05, 4.69) is 32.9 Å². The number of pyridine rings is 1. The first-order valence-electron chi connectivity index (χ1n) is 11.7. The molecule has 0 saturated heterocycles. The zero-order valence-corrected chi connectivity index (χ0v) is 20.8. The number of ether oxygens (including phenoxy) is 1. The minimum atomic E-state index is -0.264. The number of carbonyl (C=O) groups excluding carboxylic acids is 1. The molecule has 0 saturated carbocycles. The van der Waals surface area contributed by atoms with Crippen molar-refractivity contribution in [3.8, 4) is 34.0 Å². The van der Waals surface area contributed by atoms with Crippen LogP contribution in [0.5, 0.6) is 11.6 Å². The summed E-state index contributed by atoms with van der Waals surface area (Å²) in [5.41, 5.74) is 13.4. The molecule has 3 aromatic heterocycles. The van der Waals surface area contributed by atoms with E-state index in [1.54, 1.807) is 0 Å². The van der Waals surface area contributed by atoms with Gasteiger partial charge >= 0.3 is 0 Å². The maximum atomic E-state index is 11.7. The standard InChI is InChI=1S/C29H26N6O2/c1-5-23(36)34-21-12-9-19(10-13-21)27-25(26-28(30)31-16-32-29(26)35(27)4)20-11-14-22(17(2)15-20)37-24-8-6-7-18(3)33-24/h5-16H,1H2,2-4H3,(H,34,36)(H2,30,31,32). The average molecular weight is 491 g/mol. The maximum absolute atomic E-state index is 11.7. The minimum absolute atomic E-state index is 0.264. The van der Waals surface area contributed by atoms with Crippen LogP contribution in [0.2, 0.25) is 0 Å². The molecule has 0 aliphatic carbocycles. The summed E-state index contributed by atoms with van der Waals surface area (Å²) in [7, 11) is 1.95. The monoisotopic (exact) mass is 490 g/mol. The van der Waals surface area contributed by atoms with Crippen molar-refractivity contribution in [2.24, 2.45) is 7.05 Å². The molecule has 0 spiro atoms. The van der Waals surface area contributed by atoms with Gasteiger partial charge in [0, 0.05) is 30.1 Å². The van der Waals surface area contributed by atoms with E-state index in [4.69, 9.17) is 10.5 Å². The molecular weight excluding hydrogens is 464 g/mol. The summed E-state index contributed by atoms with van der Waals surface area (Å²) in [6.45, 7) is 7.42. The molecule has 8 nitrogen and oxygen atoms in total. The van der Waals surface area contributed by atoms with Gasteiger partial charge in [0.05, 0.1) is 11.1 Å². The van der Waals surface area contributed by atoms with Gasteiger partial charge in [-0.2, -0.15) is 0 Å². The van der Waals surface area contributed by atoms with Crippen LogP contribution in [0.4, 0.5) is 11.5 Å². The lowest BCUT2D eigenvalue weighted by Crippen LogP contribution is -2.06. The van der Waals surface area contributed by atoms with Gasteiger partial charge in [0.25, 0.3) is 0 Å². The molecule has 3 N–H and O–H groups in total. The molecule has 0 aliphatic rings. The van der Waals surface area contributed by atoms with Crippen LogP contribution in [0.15, 0.2) is 79.6 Å². The van der Waals surface area contributed by atoms with Crippen molar-refractivity contribution in [2.75, 3.05) is 11.1 Å². The van der Waals surface area contributed by atoms with Gasteiger partial charge in [0.2, 0.25) is 11.8 Å². The molecule has 0 aliphatic heterocycles. The fourth-order valence-corrected chi connectivity index (χ4v) is 4.41. The fourth-order valence-electron chi connectivity index (χ4n) is 4.41. The number of hydrogen-bond donors (Lipinski definition) is 2. The highest BCUT2D eigenvalue weighted by Gasteiger charge is 2.22. The topological polar surface area (TPSA) is 108 Å². The summed E-state index contributed by atoms with van der Waals surface area (Å²) in [6.07, 6.45) is 2.71. The maximum Gasteiger partial charge on any atom is 0.247 e. The molecule has 0 unspecified atom stereocenters. The molecule has 0 atom stereocenters. The van der Waals surface area contributed by atoms with Gasteiger partial charge in [-0.15, -0.1) is 0 Å². The molecule has 8 heteroatoms. The zero-order chi connectivity index (χ0) is 26.1. The van der Waals surface area contributed by atoms with Gasteiger partial charge in [-0.1, -0.05) is 30.8 Å². The van der Waals surface area contributed by atoms with E-state index in [9.17, 15) is 4.79 Å². The van der Waals surface area contributed by atoms with E-state index in [0.29, 0.717) is 17.4 Å². The van der Waals surface area contributed by atoms with E-state index in [-0.39, 0.29) is 5.91 Å². The summed E-state index contributed by atoms with van der Waals surface area (Å²) >= 11 is 0. The van der Waals surface area contributed by atoms with Crippen molar-refractivity contribution >= 4 is 28.4 Å². The minimum Gasteiger partial charge on any atom is -0.439 e. The Balaban J connectivity index is 1.63. The lowest BCUT2D eigenvalue weighted by Gasteiger charge is -2.13. The highest BCUT2D eigenvalue weighted by Crippen LogP contribution is 2.43. The smallest absolute Gasteiger partial charge is 0.247 e. The number of aryl methyl sites for hydroxylation is 3. The molecule has 2 aromatic carbocycles. The molecular formula is C29H26N6O2. The number of rotatable bonds is 6. The number of nitrogens with two attached hydrogens (primary N) is 1. The number of aromatic nitrogens is 4. The molecule has 0 fully saturated rings. The number of fused-ring (bicyclic) bond motifs is 1. The Kier molecular flexibility index (Phi) is 6.15. The van der Waals surface area contributed by atoms with Crippen molar-refractivity contribution < 1.29 is 9.53 Å². The van der Waals surface area contributed by atoms with Gasteiger partial charge in [0.15, 0.2) is 0 Å². The van der Waals surface area contributed by atoms with Crippen LogP contribution in [0.1, 0.15) is 11.3 Å². The summed E-state index contributed by atoms with van der Waals surface area (Å²) in [5, 5.41) is 3.55. The van der Waals surface area contributed by atoms with Crippen LogP contribution in [-0.4, -0.2) is 25.4 Å². The fraction of sp³-hybridized carbons (Fsp3) is 0.103. The molecule has 0 radical (unpaired) electrons. The third kappa shape index (κ3) is 4.52. The first-order chi connectivity index (χ1) is 17.9. The van der Waals surface area contributed by atoms with Crippen molar-refractivity contribution in [3.05, 3.63) is 90.9 Å². The van der Waals surface area contributed by atoms with Crippen LogP contribution in [0, 0.1) is 13.8 Å². The Morgan fingerprint density at radius 2 is 1.81 bits per heavy atom. The number of amides is 1. The molecule has 184 valence electrons. The van der Waals surface area contributed by atoms with E-state index < -0.39 is 0 Å². The number of nitrogens with one attached hydrogen (secondary N) is 1. The second kappa shape index (κ2) is 9.58. The Bertz CT molecular complexity index is 1650. The van der Waals surface area contributed by atoms with Crippen LogP contribution < -0.4 is 15.8 Å². The Hall–Kier alpha value is -4.98. The Morgan fingerprint density at radius 3 is 2.51 bits per heavy atom. The summed E-state index contributed by atoms with van der Waals surface area (Å²) in [4.78, 5) is 24.9. The summed E-state index contributed by atoms with van der Waals surface area (Å²) in [6, 6.07) is 19.3. The molecule has 5 aromatic rings. The highest BCUT2D eigenvalue weighted by atomic mass is 16.5.